The van der Waals surface area contributed by atoms with Crippen molar-refractivity contribution in [3.63, 3.8) is 0 Å². The average Bonchev–Trinajstić information content (AvgIpc) is 2.81. The molecular formula is C14H14ClN3O3. The smallest absolute Gasteiger partial charge is 0.337 e. The minimum Gasteiger partial charge on any atom is -0.478 e. The lowest BCUT2D eigenvalue weighted by Gasteiger charge is -2.08. The molecule has 0 saturated carbocycles. The van der Waals surface area contributed by atoms with Crippen molar-refractivity contribution in [2.45, 2.75) is 13.3 Å². The van der Waals surface area contributed by atoms with Gasteiger partial charge in [0.2, 0.25) is 0 Å². The third-order valence-corrected chi connectivity index (χ3v) is 3.18. The van der Waals surface area contributed by atoms with Crippen LogP contribution < -0.4 is 5.32 Å². The molecule has 0 aliphatic heterocycles. The molecule has 6 nitrogen and oxygen atoms in total. The van der Waals surface area contributed by atoms with E-state index in [1.165, 1.54) is 18.2 Å². The van der Waals surface area contributed by atoms with E-state index in [9.17, 15) is 9.59 Å². The normalized spacial score (nSPS) is 10.4. The van der Waals surface area contributed by atoms with E-state index in [-0.39, 0.29) is 11.3 Å². The van der Waals surface area contributed by atoms with Crippen LogP contribution in [0.4, 0.5) is 5.69 Å². The molecule has 2 N–H and O–H groups in total. The fraction of sp³-hybridized carbons (Fsp3) is 0.214. The van der Waals surface area contributed by atoms with Gasteiger partial charge in [-0.05, 0) is 24.6 Å². The quantitative estimate of drug-likeness (QED) is 0.909. The number of amides is 1. The number of nitrogens with one attached hydrogen (secondary N) is 1. The number of aryl methyl sites for hydroxylation is 2. The summed E-state index contributed by atoms with van der Waals surface area (Å²) in [6.07, 6.45) is 2.21. The lowest BCUT2D eigenvalue weighted by Crippen LogP contribution is -2.15. The first-order valence-corrected chi connectivity index (χ1v) is 6.67. The van der Waals surface area contributed by atoms with Gasteiger partial charge >= 0.3 is 5.97 Å². The average molecular weight is 308 g/mol. The molecule has 110 valence electrons. The van der Waals surface area contributed by atoms with Crippen LogP contribution in [-0.2, 0) is 13.5 Å². The zero-order valence-corrected chi connectivity index (χ0v) is 12.3. The van der Waals surface area contributed by atoms with Gasteiger partial charge in [0.05, 0.1) is 22.5 Å². The predicted molar refractivity (Wildman–Crippen MR) is 79.0 cm³/mol. The number of carbonyl (C=O) groups is 2. The van der Waals surface area contributed by atoms with Crippen molar-refractivity contribution in [1.82, 2.24) is 9.78 Å². The lowest BCUT2D eigenvalue weighted by molar-refractivity contribution is 0.0698. The number of anilines is 1. The summed E-state index contributed by atoms with van der Waals surface area (Å²) in [5, 5.41) is 16.2. The number of hydrogen-bond donors (Lipinski definition) is 2. The summed E-state index contributed by atoms with van der Waals surface area (Å²) in [6, 6.07) is 4.28. The monoisotopic (exact) mass is 307 g/mol. The lowest BCUT2D eigenvalue weighted by atomic mass is 10.1. The highest BCUT2D eigenvalue weighted by Crippen LogP contribution is 2.22. The molecule has 0 radical (unpaired) electrons. The SMILES string of the molecule is CCc1nn(C)cc1C(=O)Nc1ccc(Cl)cc1C(=O)O. The van der Waals surface area contributed by atoms with Gasteiger partial charge in [0.1, 0.15) is 0 Å². The number of hydrogen-bond acceptors (Lipinski definition) is 3. The van der Waals surface area contributed by atoms with Gasteiger partial charge in [-0.15, -0.1) is 0 Å². The van der Waals surface area contributed by atoms with Gasteiger partial charge in [-0.3, -0.25) is 9.48 Å². The highest BCUT2D eigenvalue weighted by molar-refractivity contribution is 6.31. The fourth-order valence-electron chi connectivity index (χ4n) is 1.98. The Hall–Kier alpha value is -2.34. The first-order chi connectivity index (χ1) is 9.92. The second kappa shape index (κ2) is 5.97. The Morgan fingerprint density at radius 1 is 1.38 bits per heavy atom. The third-order valence-electron chi connectivity index (χ3n) is 2.95. The van der Waals surface area contributed by atoms with Crippen LogP contribution in [0.15, 0.2) is 24.4 Å². The Morgan fingerprint density at radius 2 is 2.10 bits per heavy atom. The Labute approximate surface area is 126 Å². The molecule has 0 unspecified atom stereocenters. The van der Waals surface area contributed by atoms with E-state index >= 15 is 0 Å². The van der Waals surface area contributed by atoms with E-state index in [0.29, 0.717) is 22.7 Å². The molecule has 1 amide bonds. The van der Waals surface area contributed by atoms with Crippen LogP contribution in [0, 0.1) is 0 Å². The second-order valence-electron chi connectivity index (χ2n) is 4.47. The van der Waals surface area contributed by atoms with Crippen molar-refractivity contribution in [3.8, 4) is 0 Å². The van der Waals surface area contributed by atoms with Gasteiger partial charge in [-0.25, -0.2) is 4.79 Å². The molecule has 21 heavy (non-hydrogen) atoms. The highest BCUT2D eigenvalue weighted by atomic mass is 35.5. The van der Waals surface area contributed by atoms with E-state index < -0.39 is 11.9 Å². The molecule has 0 aliphatic carbocycles. The molecule has 2 aromatic rings. The number of halogens is 1. The fourth-order valence-corrected chi connectivity index (χ4v) is 2.15. The minimum absolute atomic E-state index is 0.0576. The molecule has 2 rings (SSSR count). The topological polar surface area (TPSA) is 84.2 Å². The summed E-state index contributed by atoms with van der Waals surface area (Å²) >= 11 is 5.78. The van der Waals surface area contributed by atoms with E-state index in [0.717, 1.165) is 0 Å². The second-order valence-corrected chi connectivity index (χ2v) is 4.90. The van der Waals surface area contributed by atoms with E-state index in [1.807, 2.05) is 6.92 Å². The Bertz CT molecular complexity index is 709. The van der Waals surface area contributed by atoms with Crippen molar-refractivity contribution in [2.75, 3.05) is 5.32 Å². The maximum Gasteiger partial charge on any atom is 0.337 e. The van der Waals surface area contributed by atoms with Crippen LogP contribution in [0.25, 0.3) is 0 Å². The van der Waals surface area contributed by atoms with Crippen molar-refractivity contribution in [1.29, 1.82) is 0 Å². The number of nitrogens with zero attached hydrogens (tertiary/aromatic N) is 2. The summed E-state index contributed by atoms with van der Waals surface area (Å²) in [5.74, 6) is -1.56. The molecule has 0 bridgehead atoms. The number of rotatable bonds is 4. The molecule has 0 fully saturated rings. The van der Waals surface area contributed by atoms with Crippen molar-refractivity contribution >= 4 is 29.2 Å². The molecular weight excluding hydrogens is 294 g/mol. The molecule has 0 spiro atoms. The zero-order valence-electron chi connectivity index (χ0n) is 11.6. The van der Waals surface area contributed by atoms with Gasteiger partial charge in [0.25, 0.3) is 5.91 Å². The Morgan fingerprint density at radius 3 is 2.71 bits per heavy atom. The van der Waals surface area contributed by atoms with Crippen molar-refractivity contribution < 1.29 is 14.7 Å². The molecule has 0 aliphatic rings. The van der Waals surface area contributed by atoms with E-state index in [2.05, 4.69) is 10.4 Å². The molecule has 0 saturated heterocycles. The number of carboxylic acids is 1. The molecule has 1 aromatic carbocycles. The zero-order chi connectivity index (χ0) is 15.6. The van der Waals surface area contributed by atoms with Crippen LogP contribution >= 0.6 is 11.6 Å². The molecule has 1 heterocycles. The van der Waals surface area contributed by atoms with E-state index in [4.69, 9.17) is 16.7 Å². The number of aromatic carboxylic acids is 1. The van der Waals surface area contributed by atoms with Crippen LogP contribution in [0.2, 0.25) is 5.02 Å². The highest BCUT2D eigenvalue weighted by Gasteiger charge is 2.18. The Balaban J connectivity index is 2.33. The largest absolute Gasteiger partial charge is 0.478 e. The van der Waals surface area contributed by atoms with E-state index in [1.54, 1.807) is 17.9 Å². The summed E-state index contributed by atoms with van der Waals surface area (Å²) in [7, 11) is 1.72. The first kappa shape index (κ1) is 15.1. The van der Waals surface area contributed by atoms with Crippen molar-refractivity contribution in [2.24, 2.45) is 7.05 Å². The third kappa shape index (κ3) is 3.22. The summed E-state index contributed by atoms with van der Waals surface area (Å²) in [4.78, 5) is 23.5. The van der Waals surface area contributed by atoms with Crippen LogP contribution in [0.5, 0.6) is 0 Å². The number of carboxylic acid groups (broad SMARTS) is 1. The number of carbonyl (C=O) groups excluding carboxylic acids is 1. The minimum atomic E-state index is -1.16. The molecule has 1 aromatic heterocycles. The van der Waals surface area contributed by atoms with Crippen molar-refractivity contribution in [3.05, 3.63) is 46.2 Å². The van der Waals surface area contributed by atoms with Crippen LogP contribution in [0.3, 0.4) is 0 Å². The van der Waals surface area contributed by atoms with Crippen LogP contribution in [0.1, 0.15) is 33.3 Å². The van der Waals surface area contributed by atoms with Gasteiger partial charge in [0, 0.05) is 18.3 Å². The summed E-state index contributed by atoms with van der Waals surface area (Å²) in [5.41, 5.74) is 1.22. The number of aromatic nitrogens is 2. The standard InChI is InChI=1S/C14H14ClN3O3/c1-3-11-10(7-18(2)17-11)13(19)16-12-5-4-8(15)6-9(12)14(20)21/h4-7H,3H2,1-2H3,(H,16,19)(H,20,21). The maximum atomic E-state index is 12.3. The predicted octanol–water partition coefficient (Wildman–Crippen LogP) is 2.59. The van der Waals surface area contributed by atoms with Gasteiger partial charge < -0.3 is 10.4 Å². The first-order valence-electron chi connectivity index (χ1n) is 6.29. The van der Waals surface area contributed by atoms with Crippen LogP contribution in [-0.4, -0.2) is 26.8 Å². The van der Waals surface area contributed by atoms with Gasteiger partial charge in [-0.2, -0.15) is 5.10 Å². The number of benzene rings is 1. The van der Waals surface area contributed by atoms with Gasteiger partial charge in [0.15, 0.2) is 0 Å². The molecule has 0 atom stereocenters. The molecule has 7 heteroatoms. The maximum absolute atomic E-state index is 12.3. The summed E-state index contributed by atoms with van der Waals surface area (Å²) < 4.78 is 1.55. The summed E-state index contributed by atoms with van der Waals surface area (Å²) in [6.45, 7) is 1.89. The van der Waals surface area contributed by atoms with Gasteiger partial charge in [-0.1, -0.05) is 18.5 Å². The Kier molecular flexibility index (Phi) is 4.28.